The number of carbonyl (C=O) groups is 3. The molecule has 0 radical (unpaired) electrons. The van der Waals surface area contributed by atoms with E-state index in [4.69, 9.17) is 5.11 Å². The number of likely N-dealkylation sites (tertiary alicyclic amines) is 1. The number of carboxylic acids is 1. The highest BCUT2D eigenvalue weighted by molar-refractivity contribution is 5.81. The number of unbranched alkanes of at least 4 members (excludes halogenated alkanes) is 5. The third-order valence-corrected chi connectivity index (χ3v) is 4.62. The number of Topliss-reactive ketones (excluding diaryl/α,β-unsaturated/α-hetero) is 1. The van der Waals surface area contributed by atoms with Gasteiger partial charge in [0, 0.05) is 37.9 Å². The summed E-state index contributed by atoms with van der Waals surface area (Å²) in [4.78, 5) is 36.5. The summed E-state index contributed by atoms with van der Waals surface area (Å²) >= 11 is 0. The van der Waals surface area contributed by atoms with Gasteiger partial charge in [-0.05, 0) is 32.1 Å². The average molecular weight is 351 g/mol. The standard InChI is InChI=1S/C20H33NO4/c1-2-3-6-11-18(22)15-14-17-10-9-12-19(23)21(17)16-8-5-4-7-13-20(24)25/h14H,2-13,15-16H2,1H3,(H,24,25). The third kappa shape index (κ3) is 9.42. The van der Waals surface area contributed by atoms with Crippen LogP contribution in [-0.4, -0.2) is 34.2 Å². The maximum absolute atomic E-state index is 12.2. The molecule has 1 heterocycles. The number of ketones is 1. The van der Waals surface area contributed by atoms with Crippen molar-refractivity contribution in [2.45, 2.75) is 90.4 Å². The number of carboxylic acid groups (broad SMARTS) is 1. The summed E-state index contributed by atoms with van der Waals surface area (Å²) in [5, 5.41) is 8.63. The van der Waals surface area contributed by atoms with Gasteiger partial charge in [-0.2, -0.15) is 0 Å². The zero-order chi connectivity index (χ0) is 18.5. The van der Waals surface area contributed by atoms with Crippen LogP contribution in [0.25, 0.3) is 0 Å². The molecule has 0 saturated carbocycles. The van der Waals surface area contributed by atoms with Gasteiger partial charge in [0.05, 0.1) is 0 Å². The van der Waals surface area contributed by atoms with E-state index >= 15 is 0 Å². The van der Waals surface area contributed by atoms with Crippen LogP contribution in [0.15, 0.2) is 11.8 Å². The lowest BCUT2D eigenvalue weighted by atomic mass is 10.0. The Morgan fingerprint density at radius 1 is 1.04 bits per heavy atom. The lowest BCUT2D eigenvalue weighted by Gasteiger charge is -2.30. The Bertz CT molecular complexity index is 470. The minimum Gasteiger partial charge on any atom is -0.481 e. The van der Waals surface area contributed by atoms with Crippen LogP contribution in [0.3, 0.4) is 0 Å². The van der Waals surface area contributed by atoms with E-state index in [0.717, 1.165) is 57.1 Å². The molecule has 0 aromatic carbocycles. The van der Waals surface area contributed by atoms with Crippen molar-refractivity contribution >= 4 is 17.7 Å². The summed E-state index contributed by atoms with van der Waals surface area (Å²) in [6.45, 7) is 2.81. The Kier molecular flexibility index (Phi) is 10.8. The second-order valence-corrected chi connectivity index (χ2v) is 6.85. The molecule has 0 aromatic heterocycles. The van der Waals surface area contributed by atoms with Gasteiger partial charge >= 0.3 is 5.97 Å². The van der Waals surface area contributed by atoms with Gasteiger partial charge in [0.2, 0.25) is 5.91 Å². The molecule has 1 N–H and O–H groups in total. The first-order valence-corrected chi connectivity index (χ1v) is 9.77. The maximum atomic E-state index is 12.2. The van der Waals surface area contributed by atoms with Gasteiger partial charge in [0.25, 0.3) is 0 Å². The van der Waals surface area contributed by atoms with E-state index in [1.54, 1.807) is 0 Å². The lowest BCUT2D eigenvalue weighted by Crippen LogP contribution is -2.34. The van der Waals surface area contributed by atoms with Gasteiger partial charge in [-0.15, -0.1) is 0 Å². The molecule has 142 valence electrons. The first-order chi connectivity index (χ1) is 12.0. The number of hydrogen-bond donors (Lipinski definition) is 1. The Hall–Kier alpha value is -1.65. The van der Waals surface area contributed by atoms with Crippen LogP contribution < -0.4 is 0 Å². The maximum Gasteiger partial charge on any atom is 0.303 e. The number of nitrogens with zero attached hydrogens (tertiary/aromatic N) is 1. The summed E-state index contributed by atoms with van der Waals surface area (Å²) < 4.78 is 0. The van der Waals surface area contributed by atoms with Crippen LogP contribution in [0.2, 0.25) is 0 Å². The Morgan fingerprint density at radius 2 is 1.76 bits per heavy atom. The molecule has 0 bridgehead atoms. The number of amides is 1. The molecule has 0 unspecified atom stereocenters. The molecule has 0 spiro atoms. The van der Waals surface area contributed by atoms with Crippen LogP contribution in [0.5, 0.6) is 0 Å². The van der Waals surface area contributed by atoms with E-state index in [1.165, 1.54) is 0 Å². The monoisotopic (exact) mass is 351 g/mol. The van der Waals surface area contributed by atoms with Crippen molar-refractivity contribution in [2.24, 2.45) is 0 Å². The van der Waals surface area contributed by atoms with Crippen molar-refractivity contribution in [1.29, 1.82) is 0 Å². The Balaban J connectivity index is 2.39. The number of aliphatic carboxylic acids is 1. The van der Waals surface area contributed by atoms with Crippen molar-refractivity contribution in [3.63, 3.8) is 0 Å². The zero-order valence-electron chi connectivity index (χ0n) is 15.6. The van der Waals surface area contributed by atoms with E-state index in [1.807, 2.05) is 11.0 Å². The molecule has 1 aliphatic rings. The number of rotatable bonds is 13. The lowest BCUT2D eigenvalue weighted by molar-refractivity contribution is -0.137. The van der Waals surface area contributed by atoms with E-state index in [9.17, 15) is 14.4 Å². The fourth-order valence-corrected chi connectivity index (χ4v) is 3.14. The third-order valence-electron chi connectivity index (χ3n) is 4.62. The molecule has 25 heavy (non-hydrogen) atoms. The highest BCUT2D eigenvalue weighted by atomic mass is 16.4. The highest BCUT2D eigenvalue weighted by Crippen LogP contribution is 2.23. The summed E-state index contributed by atoms with van der Waals surface area (Å²) in [5.74, 6) is -0.339. The average Bonchev–Trinajstić information content (AvgIpc) is 2.57. The van der Waals surface area contributed by atoms with Gasteiger partial charge in [-0.1, -0.05) is 38.7 Å². The number of carbonyl (C=O) groups excluding carboxylic acids is 2. The normalized spacial score (nSPS) is 16.4. The van der Waals surface area contributed by atoms with Crippen LogP contribution in [0, 0.1) is 0 Å². The topological polar surface area (TPSA) is 74.7 Å². The molecule has 0 aliphatic carbocycles. The van der Waals surface area contributed by atoms with Crippen LogP contribution in [0.4, 0.5) is 0 Å². The van der Waals surface area contributed by atoms with Crippen molar-refractivity contribution < 1.29 is 19.5 Å². The SMILES string of the molecule is CCCCCC(=O)CC=C1CCCC(=O)N1CCCCCCC(=O)O. The van der Waals surface area contributed by atoms with Crippen molar-refractivity contribution in [1.82, 2.24) is 4.90 Å². The van der Waals surface area contributed by atoms with E-state index in [2.05, 4.69) is 6.92 Å². The number of piperidine rings is 1. The predicted octanol–water partition coefficient (Wildman–Crippen LogP) is 4.46. The summed E-state index contributed by atoms with van der Waals surface area (Å²) in [6, 6.07) is 0. The largest absolute Gasteiger partial charge is 0.481 e. The van der Waals surface area contributed by atoms with Crippen molar-refractivity contribution in [3.05, 3.63) is 11.8 Å². The Labute approximate surface area is 151 Å². The molecule has 1 amide bonds. The first kappa shape index (κ1) is 21.4. The molecular weight excluding hydrogens is 318 g/mol. The first-order valence-electron chi connectivity index (χ1n) is 9.77. The smallest absolute Gasteiger partial charge is 0.303 e. The zero-order valence-corrected chi connectivity index (χ0v) is 15.6. The van der Waals surface area contributed by atoms with Gasteiger partial charge < -0.3 is 10.0 Å². The van der Waals surface area contributed by atoms with Crippen LogP contribution in [0.1, 0.15) is 90.4 Å². The molecule has 0 aromatic rings. The van der Waals surface area contributed by atoms with Gasteiger partial charge in [0.15, 0.2) is 0 Å². The van der Waals surface area contributed by atoms with E-state index < -0.39 is 5.97 Å². The molecular formula is C20H33NO4. The quantitative estimate of drug-likeness (QED) is 0.497. The minimum atomic E-state index is -0.750. The van der Waals surface area contributed by atoms with E-state index in [-0.39, 0.29) is 18.1 Å². The minimum absolute atomic E-state index is 0.154. The highest BCUT2D eigenvalue weighted by Gasteiger charge is 2.22. The Morgan fingerprint density at radius 3 is 2.48 bits per heavy atom. The second kappa shape index (κ2) is 12.7. The number of hydrogen-bond acceptors (Lipinski definition) is 3. The van der Waals surface area contributed by atoms with Crippen molar-refractivity contribution in [3.8, 4) is 0 Å². The molecule has 5 nitrogen and oxygen atoms in total. The molecule has 0 atom stereocenters. The molecule has 1 fully saturated rings. The predicted molar refractivity (Wildman–Crippen MR) is 98.1 cm³/mol. The molecule has 5 heteroatoms. The second-order valence-electron chi connectivity index (χ2n) is 6.85. The fraction of sp³-hybridized carbons (Fsp3) is 0.750. The van der Waals surface area contributed by atoms with Crippen molar-refractivity contribution in [2.75, 3.05) is 6.54 Å². The van der Waals surface area contributed by atoms with Crippen LogP contribution in [-0.2, 0) is 14.4 Å². The van der Waals surface area contributed by atoms with Gasteiger partial charge in [0.1, 0.15) is 5.78 Å². The molecule has 1 aliphatic heterocycles. The number of allylic oxidation sites excluding steroid dienone is 2. The molecule has 1 saturated heterocycles. The fourth-order valence-electron chi connectivity index (χ4n) is 3.14. The van der Waals surface area contributed by atoms with Gasteiger partial charge in [-0.25, -0.2) is 0 Å². The van der Waals surface area contributed by atoms with E-state index in [0.29, 0.717) is 32.2 Å². The van der Waals surface area contributed by atoms with Crippen LogP contribution >= 0.6 is 0 Å². The summed E-state index contributed by atoms with van der Waals surface area (Å²) in [7, 11) is 0. The summed E-state index contributed by atoms with van der Waals surface area (Å²) in [6.07, 6.45) is 12.1. The van der Waals surface area contributed by atoms with Gasteiger partial charge in [-0.3, -0.25) is 14.4 Å². The summed E-state index contributed by atoms with van der Waals surface area (Å²) in [5.41, 5.74) is 1.01. The molecule has 1 rings (SSSR count).